The third-order valence-electron chi connectivity index (χ3n) is 2.37. The molecule has 1 atom stereocenters. The summed E-state index contributed by atoms with van der Waals surface area (Å²) in [5.74, 6) is 0.144. The Morgan fingerprint density at radius 3 is 3.15 bits per heavy atom. The van der Waals surface area contributed by atoms with Crippen LogP contribution in [0.1, 0.15) is 18.0 Å². The molecule has 0 spiro atoms. The molecule has 2 rings (SSSR count). The Labute approximate surface area is 76.7 Å². The van der Waals surface area contributed by atoms with Crippen molar-refractivity contribution >= 4 is 0 Å². The van der Waals surface area contributed by atoms with Gasteiger partial charge in [-0.2, -0.15) is 0 Å². The molecule has 13 heavy (non-hydrogen) atoms. The SMILES string of the molecule is CNC1CCOc2c(F)cccc21. The van der Waals surface area contributed by atoms with Crippen molar-refractivity contribution < 1.29 is 9.13 Å². The van der Waals surface area contributed by atoms with Gasteiger partial charge >= 0.3 is 0 Å². The molecule has 0 aliphatic carbocycles. The Balaban J connectivity index is 2.45. The number of hydrogen-bond donors (Lipinski definition) is 1. The summed E-state index contributed by atoms with van der Waals surface area (Å²) in [5, 5.41) is 3.14. The zero-order valence-electron chi connectivity index (χ0n) is 7.51. The van der Waals surface area contributed by atoms with Gasteiger partial charge in [-0.25, -0.2) is 4.39 Å². The van der Waals surface area contributed by atoms with Crippen LogP contribution in [0.4, 0.5) is 4.39 Å². The van der Waals surface area contributed by atoms with Crippen molar-refractivity contribution in [3.63, 3.8) is 0 Å². The van der Waals surface area contributed by atoms with Gasteiger partial charge in [0.2, 0.25) is 0 Å². The first-order chi connectivity index (χ1) is 6.33. The van der Waals surface area contributed by atoms with Crippen LogP contribution in [0.2, 0.25) is 0 Å². The van der Waals surface area contributed by atoms with E-state index in [-0.39, 0.29) is 11.9 Å². The monoisotopic (exact) mass is 181 g/mol. The van der Waals surface area contributed by atoms with Gasteiger partial charge in [0.25, 0.3) is 0 Å². The van der Waals surface area contributed by atoms with Gasteiger partial charge in [-0.3, -0.25) is 0 Å². The van der Waals surface area contributed by atoms with Crippen molar-refractivity contribution in [1.82, 2.24) is 5.32 Å². The number of ether oxygens (including phenoxy) is 1. The van der Waals surface area contributed by atoms with Crippen LogP contribution in [0.5, 0.6) is 5.75 Å². The van der Waals surface area contributed by atoms with E-state index in [1.807, 2.05) is 13.1 Å². The summed E-state index contributed by atoms with van der Waals surface area (Å²) < 4.78 is 18.5. The molecule has 1 N–H and O–H groups in total. The van der Waals surface area contributed by atoms with Crippen LogP contribution in [0.15, 0.2) is 18.2 Å². The lowest BCUT2D eigenvalue weighted by atomic mass is 10.0. The number of benzene rings is 1. The summed E-state index contributed by atoms with van der Waals surface area (Å²) in [6.45, 7) is 0.583. The third-order valence-corrected chi connectivity index (χ3v) is 2.37. The molecule has 1 aromatic rings. The number of halogens is 1. The first-order valence-corrected chi connectivity index (χ1v) is 4.41. The van der Waals surface area contributed by atoms with Crippen molar-refractivity contribution in [1.29, 1.82) is 0 Å². The molecule has 0 amide bonds. The summed E-state index contributed by atoms with van der Waals surface area (Å²) in [6, 6.07) is 5.27. The third kappa shape index (κ3) is 1.40. The maximum absolute atomic E-state index is 13.2. The van der Waals surface area contributed by atoms with Crippen LogP contribution < -0.4 is 10.1 Å². The van der Waals surface area contributed by atoms with Crippen molar-refractivity contribution in [2.45, 2.75) is 12.5 Å². The second-order valence-corrected chi connectivity index (χ2v) is 3.14. The van der Waals surface area contributed by atoms with Crippen LogP contribution in [0.3, 0.4) is 0 Å². The van der Waals surface area contributed by atoms with Crippen molar-refractivity contribution in [2.75, 3.05) is 13.7 Å². The van der Waals surface area contributed by atoms with Gasteiger partial charge in [-0.05, 0) is 13.1 Å². The molecule has 0 fully saturated rings. The first-order valence-electron chi connectivity index (χ1n) is 4.41. The molecule has 0 bridgehead atoms. The summed E-state index contributed by atoms with van der Waals surface area (Å²) in [7, 11) is 1.88. The summed E-state index contributed by atoms with van der Waals surface area (Å²) in [5.41, 5.74) is 0.925. The van der Waals surface area contributed by atoms with Gasteiger partial charge in [-0.15, -0.1) is 0 Å². The minimum absolute atomic E-state index is 0.222. The average molecular weight is 181 g/mol. The molecule has 0 aromatic heterocycles. The van der Waals surface area contributed by atoms with Crippen molar-refractivity contribution in [3.8, 4) is 5.75 Å². The van der Waals surface area contributed by atoms with E-state index < -0.39 is 0 Å². The normalized spacial score (nSPS) is 20.6. The van der Waals surface area contributed by atoms with Crippen molar-refractivity contribution in [2.24, 2.45) is 0 Å². The fourth-order valence-electron chi connectivity index (χ4n) is 1.69. The number of fused-ring (bicyclic) bond motifs is 1. The topological polar surface area (TPSA) is 21.3 Å². The Bertz CT molecular complexity index is 314. The van der Waals surface area contributed by atoms with E-state index in [1.165, 1.54) is 6.07 Å². The van der Waals surface area contributed by atoms with E-state index >= 15 is 0 Å². The Hall–Kier alpha value is -1.09. The van der Waals surface area contributed by atoms with E-state index in [4.69, 9.17) is 4.74 Å². The van der Waals surface area contributed by atoms with Crippen molar-refractivity contribution in [3.05, 3.63) is 29.6 Å². The molecule has 1 unspecified atom stereocenters. The standard InChI is InChI=1S/C10H12FNO/c1-12-9-5-6-13-10-7(9)3-2-4-8(10)11/h2-4,9,12H,5-6H2,1H3. The summed E-state index contributed by atoms with van der Waals surface area (Å²) in [6.07, 6.45) is 0.896. The van der Waals surface area contributed by atoms with E-state index in [2.05, 4.69) is 5.32 Å². The van der Waals surface area contributed by atoms with Gasteiger partial charge in [-0.1, -0.05) is 12.1 Å². The molecule has 3 heteroatoms. The van der Waals surface area contributed by atoms with Gasteiger partial charge in [0, 0.05) is 18.0 Å². The van der Waals surface area contributed by atoms with Crippen LogP contribution in [-0.4, -0.2) is 13.7 Å². The van der Waals surface area contributed by atoms with Gasteiger partial charge < -0.3 is 10.1 Å². The molecule has 1 aromatic carbocycles. The molecular formula is C10H12FNO. The maximum Gasteiger partial charge on any atom is 0.165 e. The van der Waals surface area contributed by atoms with Crippen LogP contribution in [0, 0.1) is 5.82 Å². The molecule has 0 saturated heterocycles. The van der Waals surface area contributed by atoms with Crippen LogP contribution in [-0.2, 0) is 0 Å². The number of para-hydroxylation sites is 1. The van der Waals surface area contributed by atoms with E-state index in [1.54, 1.807) is 6.07 Å². The van der Waals surface area contributed by atoms with E-state index in [0.29, 0.717) is 12.4 Å². The molecule has 2 nitrogen and oxygen atoms in total. The first kappa shape index (κ1) is 8.51. The molecule has 1 aliphatic heterocycles. The Kier molecular flexibility index (Phi) is 2.19. The highest BCUT2D eigenvalue weighted by atomic mass is 19.1. The summed E-state index contributed by atoms with van der Waals surface area (Å²) in [4.78, 5) is 0. The largest absolute Gasteiger partial charge is 0.490 e. The highest BCUT2D eigenvalue weighted by Gasteiger charge is 2.21. The minimum atomic E-state index is -0.266. The van der Waals surface area contributed by atoms with Crippen LogP contribution in [0.25, 0.3) is 0 Å². The van der Waals surface area contributed by atoms with Gasteiger partial charge in [0.05, 0.1) is 6.61 Å². The zero-order valence-corrected chi connectivity index (χ0v) is 7.51. The molecule has 1 aliphatic rings. The smallest absolute Gasteiger partial charge is 0.165 e. The van der Waals surface area contributed by atoms with E-state index in [0.717, 1.165) is 12.0 Å². The lowest BCUT2D eigenvalue weighted by Gasteiger charge is -2.25. The number of hydrogen-bond acceptors (Lipinski definition) is 2. The predicted molar refractivity (Wildman–Crippen MR) is 48.3 cm³/mol. The van der Waals surface area contributed by atoms with Crippen LogP contribution >= 0.6 is 0 Å². The maximum atomic E-state index is 13.2. The number of nitrogens with one attached hydrogen (secondary N) is 1. The highest BCUT2D eigenvalue weighted by molar-refractivity contribution is 5.38. The molecule has 0 radical (unpaired) electrons. The van der Waals surface area contributed by atoms with E-state index in [9.17, 15) is 4.39 Å². The molecule has 70 valence electrons. The molecule has 1 heterocycles. The predicted octanol–water partition coefficient (Wildman–Crippen LogP) is 1.87. The lowest BCUT2D eigenvalue weighted by molar-refractivity contribution is 0.245. The fourth-order valence-corrected chi connectivity index (χ4v) is 1.69. The Morgan fingerprint density at radius 2 is 2.38 bits per heavy atom. The van der Waals surface area contributed by atoms with Gasteiger partial charge in [0.1, 0.15) is 0 Å². The second kappa shape index (κ2) is 3.34. The minimum Gasteiger partial charge on any atom is -0.490 e. The second-order valence-electron chi connectivity index (χ2n) is 3.14. The molecule has 0 saturated carbocycles. The fraction of sp³-hybridized carbons (Fsp3) is 0.400. The lowest BCUT2D eigenvalue weighted by Crippen LogP contribution is -2.24. The average Bonchev–Trinajstić information content (AvgIpc) is 2.18. The van der Waals surface area contributed by atoms with Gasteiger partial charge in [0.15, 0.2) is 11.6 Å². The molecular weight excluding hydrogens is 169 g/mol. The number of rotatable bonds is 1. The quantitative estimate of drug-likeness (QED) is 0.714. The zero-order chi connectivity index (χ0) is 9.26. The highest BCUT2D eigenvalue weighted by Crippen LogP contribution is 2.33. The Morgan fingerprint density at radius 1 is 1.54 bits per heavy atom. The summed E-state index contributed by atoms with van der Waals surface area (Å²) >= 11 is 0.